The quantitative estimate of drug-likeness (QED) is 0.882. The van der Waals surface area contributed by atoms with Gasteiger partial charge in [-0.25, -0.2) is 0 Å². The van der Waals surface area contributed by atoms with Crippen LogP contribution in [0.25, 0.3) is 0 Å². The number of likely N-dealkylation sites (N-methyl/N-ethyl adjacent to an activating group) is 1. The molecule has 2 aromatic rings. The molecule has 0 bridgehead atoms. The maximum Gasteiger partial charge on any atom is 0.224 e. The van der Waals surface area contributed by atoms with E-state index in [0.29, 0.717) is 6.42 Å². The fourth-order valence-corrected chi connectivity index (χ4v) is 3.47. The van der Waals surface area contributed by atoms with Gasteiger partial charge < -0.3 is 10.6 Å². The summed E-state index contributed by atoms with van der Waals surface area (Å²) in [6.07, 6.45) is 1.38. The molecule has 0 spiro atoms. The van der Waals surface area contributed by atoms with E-state index in [2.05, 4.69) is 29.2 Å². The molecule has 3 rings (SSSR count). The van der Waals surface area contributed by atoms with Gasteiger partial charge >= 0.3 is 0 Å². The molecular formula is C21H27N3O. The highest BCUT2D eigenvalue weighted by Crippen LogP contribution is 2.20. The predicted molar refractivity (Wildman–Crippen MR) is 101 cm³/mol. The van der Waals surface area contributed by atoms with Gasteiger partial charge in [-0.05, 0) is 17.5 Å². The molecule has 1 aliphatic rings. The van der Waals surface area contributed by atoms with Gasteiger partial charge in [0.1, 0.15) is 0 Å². The topological polar surface area (TPSA) is 49.6 Å². The van der Waals surface area contributed by atoms with E-state index < -0.39 is 0 Å². The lowest BCUT2D eigenvalue weighted by molar-refractivity contribution is -0.132. The number of nitrogens with two attached hydrogens (primary N) is 1. The molecule has 4 nitrogen and oxygen atoms in total. The number of hydrogen-bond acceptors (Lipinski definition) is 3. The van der Waals surface area contributed by atoms with Crippen LogP contribution in [0.3, 0.4) is 0 Å². The standard InChI is InChI=1S/C21H27N3O/c1-23(21(25)14-20(22)18-10-6-3-7-11-18)19-12-13-24(16-19)15-17-8-4-2-5-9-17/h2-11,19-20H,12-16,22H2,1H3. The molecule has 4 heteroatoms. The van der Waals surface area contributed by atoms with E-state index in [1.54, 1.807) is 0 Å². The van der Waals surface area contributed by atoms with Crippen molar-refractivity contribution >= 4 is 5.91 Å². The van der Waals surface area contributed by atoms with Crippen LogP contribution in [0.15, 0.2) is 60.7 Å². The molecule has 2 aromatic carbocycles. The highest BCUT2D eigenvalue weighted by atomic mass is 16.2. The second kappa shape index (κ2) is 8.28. The van der Waals surface area contributed by atoms with Gasteiger partial charge in [-0.3, -0.25) is 9.69 Å². The van der Waals surface area contributed by atoms with Gasteiger partial charge in [0.2, 0.25) is 5.91 Å². The third-order valence-corrected chi connectivity index (χ3v) is 5.06. The first-order valence-corrected chi connectivity index (χ1v) is 8.96. The number of benzene rings is 2. The number of carbonyl (C=O) groups is 1. The summed E-state index contributed by atoms with van der Waals surface area (Å²) in [6.45, 7) is 2.91. The molecule has 2 N–H and O–H groups in total. The van der Waals surface area contributed by atoms with Gasteiger partial charge in [-0.1, -0.05) is 60.7 Å². The van der Waals surface area contributed by atoms with Crippen LogP contribution in [0.4, 0.5) is 0 Å². The Kier molecular flexibility index (Phi) is 5.84. The highest BCUT2D eigenvalue weighted by Gasteiger charge is 2.29. The Bertz CT molecular complexity index is 674. The van der Waals surface area contributed by atoms with Crippen molar-refractivity contribution < 1.29 is 4.79 Å². The van der Waals surface area contributed by atoms with Gasteiger partial charge in [-0.2, -0.15) is 0 Å². The SMILES string of the molecule is CN(C(=O)CC(N)c1ccccc1)C1CCN(Cc2ccccc2)C1. The molecule has 0 aromatic heterocycles. The number of carbonyl (C=O) groups excluding carboxylic acids is 1. The molecule has 0 aliphatic carbocycles. The van der Waals surface area contributed by atoms with E-state index in [4.69, 9.17) is 5.73 Å². The smallest absolute Gasteiger partial charge is 0.224 e. The Morgan fingerprint density at radius 1 is 1.16 bits per heavy atom. The van der Waals surface area contributed by atoms with E-state index in [-0.39, 0.29) is 18.0 Å². The average molecular weight is 337 g/mol. The molecule has 0 radical (unpaired) electrons. The van der Waals surface area contributed by atoms with Crippen LogP contribution in [0.2, 0.25) is 0 Å². The van der Waals surface area contributed by atoms with Crippen molar-refractivity contribution in [1.82, 2.24) is 9.80 Å². The number of rotatable bonds is 6. The second-order valence-corrected chi connectivity index (χ2v) is 6.89. The molecule has 25 heavy (non-hydrogen) atoms. The average Bonchev–Trinajstić information content (AvgIpc) is 3.11. The normalized spacial score (nSPS) is 18.9. The Morgan fingerprint density at radius 2 is 1.80 bits per heavy atom. The van der Waals surface area contributed by atoms with Crippen molar-refractivity contribution in [2.45, 2.75) is 31.5 Å². The minimum absolute atomic E-state index is 0.128. The molecule has 132 valence electrons. The Labute approximate surface area is 150 Å². The van der Waals surface area contributed by atoms with Crippen LogP contribution in [0.5, 0.6) is 0 Å². The second-order valence-electron chi connectivity index (χ2n) is 6.89. The van der Waals surface area contributed by atoms with E-state index in [0.717, 1.165) is 31.6 Å². The fourth-order valence-electron chi connectivity index (χ4n) is 3.47. The largest absolute Gasteiger partial charge is 0.341 e. The van der Waals surface area contributed by atoms with E-state index >= 15 is 0 Å². The van der Waals surface area contributed by atoms with Crippen LogP contribution in [0, 0.1) is 0 Å². The zero-order chi connectivity index (χ0) is 17.6. The summed E-state index contributed by atoms with van der Waals surface area (Å²) in [6, 6.07) is 20.4. The molecule has 1 saturated heterocycles. The van der Waals surface area contributed by atoms with Crippen molar-refractivity contribution in [1.29, 1.82) is 0 Å². The molecule has 1 fully saturated rings. The molecular weight excluding hydrogens is 310 g/mol. The van der Waals surface area contributed by atoms with E-state index in [1.165, 1.54) is 5.56 Å². The van der Waals surface area contributed by atoms with Gasteiger partial charge in [0, 0.05) is 45.2 Å². The minimum Gasteiger partial charge on any atom is -0.341 e. The third-order valence-electron chi connectivity index (χ3n) is 5.06. The third kappa shape index (κ3) is 4.68. The molecule has 1 amide bonds. The minimum atomic E-state index is -0.238. The van der Waals surface area contributed by atoms with Gasteiger partial charge in [0.25, 0.3) is 0 Å². The summed E-state index contributed by atoms with van der Waals surface area (Å²) in [5.74, 6) is 0.128. The van der Waals surface area contributed by atoms with Crippen LogP contribution in [-0.4, -0.2) is 41.9 Å². The zero-order valence-corrected chi connectivity index (χ0v) is 14.8. The van der Waals surface area contributed by atoms with E-state index in [1.807, 2.05) is 48.3 Å². The van der Waals surface area contributed by atoms with Crippen molar-refractivity contribution in [2.24, 2.45) is 5.73 Å². The summed E-state index contributed by atoms with van der Waals surface area (Å²) in [7, 11) is 1.91. The summed E-state index contributed by atoms with van der Waals surface area (Å²) >= 11 is 0. The molecule has 0 saturated carbocycles. The monoisotopic (exact) mass is 337 g/mol. The number of likely N-dealkylation sites (tertiary alicyclic amines) is 1. The van der Waals surface area contributed by atoms with Crippen molar-refractivity contribution in [3.8, 4) is 0 Å². The van der Waals surface area contributed by atoms with Crippen LogP contribution >= 0.6 is 0 Å². The number of hydrogen-bond donors (Lipinski definition) is 1. The number of amides is 1. The summed E-state index contributed by atoms with van der Waals surface area (Å²) < 4.78 is 0. The first-order valence-electron chi connectivity index (χ1n) is 8.96. The summed E-state index contributed by atoms with van der Waals surface area (Å²) in [5, 5.41) is 0. The fraction of sp³-hybridized carbons (Fsp3) is 0.381. The first-order chi connectivity index (χ1) is 12.1. The van der Waals surface area contributed by atoms with Gasteiger partial charge in [0.15, 0.2) is 0 Å². The van der Waals surface area contributed by atoms with E-state index in [9.17, 15) is 4.79 Å². The lowest BCUT2D eigenvalue weighted by Gasteiger charge is -2.26. The van der Waals surface area contributed by atoms with Crippen molar-refractivity contribution in [2.75, 3.05) is 20.1 Å². The summed E-state index contributed by atoms with van der Waals surface area (Å²) in [4.78, 5) is 16.9. The predicted octanol–water partition coefficient (Wildman–Crippen LogP) is 2.81. The van der Waals surface area contributed by atoms with Crippen molar-refractivity contribution in [3.63, 3.8) is 0 Å². The molecule has 1 aliphatic heterocycles. The molecule has 2 unspecified atom stereocenters. The number of nitrogens with zero attached hydrogens (tertiary/aromatic N) is 2. The van der Waals surface area contributed by atoms with Crippen LogP contribution in [0.1, 0.15) is 30.0 Å². The molecule has 2 atom stereocenters. The summed E-state index contributed by atoms with van der Waals surface area (Å²) in [5.41, 5.74) is 8.54. The van der Waals surface area contributed by atoms with Crippen LogP contribution < -0.4 is 5.73 Å². The zero-order valence-electron chi connectivity index (χ0n) is 14.8. The van der Waals surface area contributed by atoms with Crippen molar-refractivity contribution in [3.05, 3.63) is 71.8 Å². The maximum atomic E-state index is 12.6. The van der Waals surface area contributed by atoms with Crippen LogP contribution in [-0.2, 0) is 11.3 Å². The van der Waals surface area contributed by atoms with Gasteiger partial charge in [0.05, 0.1) is 0 Å². The Morgan fingerprint density at radius 3 is 2.48 bits per heavy atom. The first kappa shape index (κ1) is 17.6. The highest BCUT2D eigenvalue weighted by molar-refractivity contribution is 5.77. The lowest BCUT2D eigenvalue weighted by Crippen LogP contribution is -2.40. The molecule has 1 heterocycles. The lowest BCUT2D eigenvalue weighted by atomic mass is 10.0. The van der Waals surface area contributed by atoms with Gasteiger partial charge in [-0.15, -0.1) is 0 Å². The maximum absolute atomic E-state index is 12.6. The Hall–Kier alpha value is -2.17. The Balaban J connectivity index is 1.51.